The molecule has 0 bridgehead atoms. The average Bonchev–Trinajstić information content (AvgIpc) is 3.46. The number of nitrogens with zero attached hydrogens (tertiary/aromatic N) is 3. The van der Waals surface area contributed by atoms with Crippen molar-refractivity contribution in [2.75, 3.05) is 0 Å². The summed E-state index contributed by atoms with van der Waals surface area (Å²) >= 11 is 0. The summed E-state index contributed by atoms with van der Waals surface area (Å²) in [5.41, 5.74) is 10.00. The lowest BCUT2D eigenvalue weighted by Gasteiger charge is -2.25. The molecule has 0 spiro atoms. The molecule has 1 aliphatic carbocycles. The van der Waals surface area contributed by atoms with Crippen molar-refractivity contribution in [3.05, 3.63) is 71.9 Å². The van der Waals surface area contributed by atoms with Crippen molar-refractivity contribution in [1.29, 1.82) is 0 Å². The molecule has 0 fully saturated rings. The van der Waals surface area contributed by atoms with Gasteiger partial charge >= 0.3 is 0 Å². The molecule has 28 heavy (non-hydrogen) atoms. The number of carbonyl (C=O) groups is 1. The summed E-state index contributed by atoms with van der Waals surface area (Å²) in [6.45, 7) is 0. The zero-order valence-corrected chi connectivity index (χ0v) is 15.0. The predicted octanol–water partition coefficient (Wildman–Crippen LogP) is 3.82. The van der Waals surface area contributed by atoms with E-state index in [4.69, 9.17) is 19.8 Å². The van der Waals surface area contributed by atoms with Crippen molar-refractivity contribution in [1.82, 2.24) is 14.9 Å². The molecule has 0 aliphatic heterocycles. The zero-order valence-electron chi connectivity index (χ0n) is 15.0. The molecule has 3 aromatic heterocycles. The van der Waals surface area contributed by atoms with Crippen LogP contribution in [0.5, 0.6) is 0 Å². The predicted molar refractivity (Wildman–Crippen MR) is 101 cm³/mol. The number of hydrogen-bond donors (Lipinski definition) is 1. The van der Waals surface area contributed by atoms with Crippen molar-refractivity contribution in [2.45, 2.75) is 25.3 Å². The molecular weight excluding hydrogens is 356 g/mol. The Balaban J connectivity index is 1.68. The van der Waals surface area contributed by atoms with Crippen molar-refractivity contribution in [3.8, 4) is 22.6 Å². The van der Waals surface area contributed by atoms with E-state index in [1.807, 2.05) is 16.9 Å². The number of hydrogen-bond acceptors (Lipinski definition) is 5. The molecule has 1 aliphatic rings. The molecule has 4 aromatic rings. The monoisotopic (exact) mass is 374 g/mol. The fourth-order valence-electron chi connectivity index (χ4n) is 3.95. The second-order valence-corrected chi connectivity index (χ2v) is 6.90. The summed E-state index contributed by atoms with van der Waals surface area (Å²) in [6.07, 6.45) is 8.08. The van der Waals surface area contributed by atoms with Gasteiger partial charge in [0.2, 0.25) is 0 Å². The van der Waals surface area contributed by atoms with Crippen LogP contribution in [0.2, 0.25) is 0 Å². The Morgan fingerprint density at radius 1 is 1.18 bits per heavy atom. The van der Waals surface area contributed by atoms with Gasteiger partial charge in [0, 0.05) is 11.8 Å². The number of primary amides is 1. The van der Waals surface area contributed by atoms with E-state index in [1.54, 1.807) is 12.3 Å². The van der Waals surface area contributed by atoms with Crippen LogP contribution in [0.3, 0.4) is 0 Å². The minimum Gasteiger partial charge on any atom is -0.463 e. The van der Waals surface area contributed by atoms with Gasteiger partial charge < -0.3 is 14.7 Å². The maximum absolute atomic E-state index is 11.8. The first-order valence-electron chi connectivity index (χ1n) is 9.18. The van der Waals surface area contributed by atoms with Crippen LogP contribution in [-0.4, -0.2) is 20.8 Å². The fraction of sp³-hybridized carbons (Fsp3) is 0.190. The highest BCUT2D eigenvalue weighted by Crippen LogP contribution is 2.38. The second-order valence-electron chi connectivity index (χ2n) is 6.90. The molecule has 0 saturated heterocycles. The van der Waals surface area contributed by atoms with Gasteiger partial charge in [-0.05, 0) is 42.5 Å². The quantitative estimate of drug-likeness (QED) is 0.585. The Morgan fingerprint density at radius 3 is 2.89 bits per heavy atom. The van der Waals surface area contributed by atoms with Crippen molar-refractivity contribution in [3.63, 3.8) is 0 Å². The molecule has 140 valence electrons. The smallest absolute Gasteiger partial charge is 0.271 e. The fourth-order valence-corrected chi connectivity index (χ4v) is 3.95. The van der Waals surface area contributed by atoms with Gasteiger partial charge in [0.1, 0.15) is 12.0 Å². The Labute approximate surface area is 160 Å². The highest BCUT2D eigenvalue weighted by Gasteiger charge is 2.27. The van der Waals surface area contributed by atoms with Gasteiger partial charge in [-0.1, -0.05) is 29.4 Å². The lowest BCUT2D eigenvalue weighted by molar-refractivity contribution is 0.0992. The van der Waals surface area contributed by atoms with E-state index in [9.17, 15) is 4.79 Å². The van der Waals surface area contributed by atoms with Crippen molar-refractivity contribution >= 4 is 5.91 Å². The molecule has 1 amide bonds. The Morgan fingerprint density at radius 2 is 2.07 bits per heavy atom. The van der Waals surface area contributed by atoms with E-state index in [0.717, 1.165) is 19.3 Å². The summed E-state index contributed by atoms with van der Waals surface area (Å²) in [4.78, 5) is 11.8. The Hall–Kier alpha value is -3.61. The Kier molecular flexibility index (Phi) is 3.86. The van der Waals surface area contributed by atoms with Crippen LogP contribution in [0, 0.1) is 0 Å². The van der Waals surface area contributed by atoms with Gasteiger partial charge in [-0.25, -0.2) is 0 Å². The maximum atomic E-state index is 11.8. The van der Waals surface area contributed by atoms with Gasteiger partial charge in [0.05, 0.1) is 17.9 Å². The number of nitrogens with two attached hydrogens (primary N) is 1. The first-order valence-corrected chi connectivity index (χ1v) is 9.18. The summed E-state index contributed by atoms with van der Waals surface area (Å²) in [5.74, 6) is -0.0422. The minimum absolute atomic E-state index is 0.0800. The minimum atomic E-state index is -0.648. The van der Waals surface area contributed by atoms with E-state index in [2.05, 4.69) is 29.4 Å². The molecule has 1 aromatic carbocycles. The van der Waals surface area contributed by atoms with Crippen LogP contribution >= 0.6 is 0 Å². The van der Waals surface area contributed by atoms with E-state index in [1.165, 1.54) is 17.4 Å². The highest BCUT2D eigenvalue weighted by atomic mass is 16.5. The molecular formula is C21H18N4O3. The van der Waals surface area contributed by atoms with E-state index >= 15 is 0 Å². The second kappa shape index (κ2) is 6.53. The van der Waals surface area contributed by atoms with Gasteiger partial charge in [-0.2, -0.15) is 5.10 Å². The topological polar surface area (TPSA) is 100 Å². The van der Waals surface area contributed by atoms with Crippen LogP contribution in [0.15, 0.2) is 64.1 Å². The summed E-state index contributed by atoms with van der Waals surface area (Å²) in [7, 11) is 0. The largest absolute Gasteiger partial charge is 0.463 e. The third-order valence-corrected chi connectivity index (χ3v) is 5.24. The number of amides is 1. The first kappa shape index (κ1) is 16.6. The number of benzene rings is 1. The zero-order chi connectivity index (χ0) is 19.1. The van der Waals surface area contributed by atoms with Crippen LogP contribution in [0.1, 0.15) is 40.5 Å². The van der Waals surface area contributed by atoms with Gasteiger partial charge in [-0.15, -0.1) is 0 Å². The normalized spacial score (nSPS) is 16.1. The van der Waals surface area contributed by atoms with Crippen molar-refractivity contribution in [2.24, 2.45) is 5.73 Å². The highest BCUT2D eigenvalue weighted by molar-refractivity contribution is 5.99. The van der Waals surface area contributed by atoms with E-state index in [0.29, 0.717) is 22.6 Å². The molecule has 2 N–H and O–H groups in total. The van der Waals surface area contributed by atoms with E-state index < -0.39 is 5.91 Å². The van der Waals surface area contributed by atoms with Gasteiger partial charge in [-0.3, -0.25) is 9.48 Å². The number of furan rings is 1. The SMILES string of the molecule is NC(=O)c1nocc1-c1cn(C2CCCc3ccccc32)nc1-c1ccco1. The van der Waals surface area contributed by atoms with Gasteiger partial charge in [0.25, 0.3) is 5.91 Å². The molecule has 3 heterocycles. The van der Waals surface area contributed by atoms with Crippen molar-refractivity contribution < 1.29 is 13.7 Å². The summed E-state index contributed by atoms with van der Waals surface area (Å²) < 4.78 is 12.6. The van der Waals surface area contributed by atoms with Crippen LogP contribution in [-0.2, 0) is 6.42 Å². The third kappa shape index (κ3) is 2.63. The molecule has 7 nitrogen and oxygen atoms in total. The standard InChI is InChI=1S/C21H18N4O3/c22-21(26)20-16(12-28-24-20)15-11-25(23-19(15)18-9-4-10-27-18)17-8-3-6-13-5-1-2-7-14(13)17/h1-2,4-5,7,9-12,17H,3,6,8H2,(H2,22,26). The number of aryl methyl sites for hydroxylation is 1. The number of fused-ring (bicyclic) bond motifs is 1. The Bertz CT molecular complexity index is 1140. The average molecular weight is 374 g/mol. The molecule has 5 rings (SSSR count). The van der Waals surface area contributed by atoms with Crippen LogP contribution in [0.4, 0.5) is 0 Å². The lowest BCUT2D eigenvalue weighted by atomic mass is 9.88. The molecule has 1 atom stereocenters. The van der Waals surface area contributed by atoms with E-state index in [-0.39, 0.29) is 11.7 Å². The van der Waals surface area contributed by atoms with Crippen LogP contribution in [0.25, 0.3) is 22.6 Å². The third-order valence-electron chi connectivity index (χ3n) is 5.24. The summed E-state index contributed by atoms with van der Waals surface area (Å²) in [6, 6.07) is 12.2. The maximum Gasteiger partial charge on any atom is 0.271 e. The molecule has 0 saturated carbocycles. The summed E-state index contributed by atoms with van der Waals surface area (Å²) in [5, 5.41) is 8.59. The van der Waals surface area contributed by atoms with Gasteiger partial charge in [0.15, 0.2) is 11.5 Å². The van der Waals surface area contributed by atoms with Crippen LogP contribution < -0.4 is 5.73 Å². The number of carbonyl (C=O) groups excluding carboxylic acids is 1. The first-order chi connectivity index (χ1) is 13.7. The number of aromatic nitrogens is 3. The molecule has 0 radical (unpaired) electrons. The molecule has 1 unspecified atom stereocenters. The number of rotatable bonds is 4. The lowest BCUT2D eigenvalue weighted by Crippen LogP contribution is -2.17. The molecule has 7 heteroatoms.